The monoisotopic (exact) mass is 408 g/mol. The minimum absolute atomic E-state index is 0. The fraction of sp³-hybridized carbons (Fsp3) is 0.958. The summed E-state index contributed by atoms with van der Waals surface area (Å²) >= 11 is 0. The first-order chi connectivity index (χ1) is 12.8. The molecular formula is C24H48CaO2. The maximum Gasteiger partial charge on any atom is 0.303 e. The van der Waals surface area contributed by atoms with Crippen LogP contribution in [0.25, 0.3) is 0 Å². The van der Waals surface area contributed by atoms with Crippen molar-refractivity contribution in [3.05, 3.63) is 0 Å². The van der Waals surface area contributed by atoms with Gasteiger partial charge in [-0.3, -0.25) is 4.79 Å². The van der Waals surface area contributed by atoms with Crippen LogP contribution in [0.4, 0.5) is 0 Å². The molecule has 0 fully saturated rings. The summed E-state index contributed by atoms with van der Waals surface area (Å²) in [5, 5.41) is 8.57. The summed E-state index contributed by atoms with van der Waals surface area (Å²) in [4.78, 5) is 10.4. The number of aliphatic carboxylic acids is 1. The van der Waals surface area contributed by atoms with E-state index in [-0.39, 0.29) is 37.7 Å². The fourth-order valence-electron chi connectivity index (χ4n) is 3.71. The molecule has 0 aromatic carbocycles. The van der Waals surface area contributed by atoms with Crippen molar-refractivity contribution in [1.82, 2.24) is 0 Å². The molecule has 0 heterocycles. The Labute approximate surface area is 200 Å². The van der Waals surface area contributed by atoms with Gasteiger partial charge in [-0.05, 0) is 6.42 Å². The molecule has 0 spiro atoms. The molecule has 0 aliphatic heterocycles. The number of carboxylic acid groups (broad SMARTS) is 1. The van der Waals surface area contributed by atoms with E-state index < -0.39 is 5.97 Å². The van der Waals surface area contributed by atoms with Gasteiger partial charge in [0.25, 0.3) is 0 Å². The summed E-state index contributed by atoms with van der Waals surface area (Å²) in [6.45, 7) is 2.29. The van der Waals surface area contributed by atoms with Gasteiger partial charge in [-0.1, -0.05) is 135 Å². The van der Waals surface area contributed by atoms with Gasteiger partial charge in [0.05, 0.1) is 0 Å². The standard InChI is InChI=1S/C24H48O2.Ca/c1-2-3-4-5-6-7-8-9-10-11-12-13-14-15-16-17-18-19-20-21-22-23-24(25)26;/h2-23H2,1H3,(H,25,26);. The van der Waals surface area contributed by atoms with Gasteiger partial charge in [0.2, 0.25) is 0 Å². The first-order valence-corrected chi connectivity index (χ1v) is 12.0. The van der Waals surface area contributed by atoms with Crippen LogP contribution >= 0.6 is 0 Å². The molecule has 0 saturated heterocycles. The normalized spacial score (nSPS) is 10.7. The molecule has 158 valence electrons. The second-order valence-corrected chi connectivity index (χ2v) is 8.21. The van der Waals surface area contributed by atoms with Gasteiger partial charge < -0.3 is 5.11 Å². The van der Waals surface area contributed by atoms with Crippen molar-refractivity contribution in [3.8, 4) is 0 Å². The molecule has 2 nitrogen and oxygen atoms in total. The third kappa shape index (κ3) is 29.0. The van der Waals surface area contributed by atoms with Crippen LogP contribution in [0.2, 0.25) is 0 Å². The van der Waals surface area contributed by atoms with Gasteiger partial charge in [0.15, 0.2) is 0 Å². The molecule has 0 aliphatic rings. The van der Waals surface area contributed by atoms with E-state index in [0.29, 0.717) is 6.42 Å². The van der Waals surface area contributed by atoms with Crippen LogP contribution in [0.15, 0.2) is 0 Å². The zero-order valence-corrected chi connectivity index (χ0v) is 20.8. The molecule has 0 aromatic rings. The van der Waals surface area contributed by atoms with Gasteiger partial charge in [-0.2, -0.15) is 0 Å². The molecule has 0 bridgehead atoms. The van der Waals surface area contributed by atoms with E-state index in [9.17, 15) is 4.79 Å². The predicted octanol–water partition coefficient (Wildman–Crippen LogP) is 8.29. The van der Waals surface area contributed by atoms with Gasteiger partial charge in [-0.25, -0.2) is 0 Å². The molecule has 0 unspecified atom stereocenters. The minimum Gasteiger partial charge on any atom is -0.481 e. The van der Waals surface area contributed by atoms with Gasteiger partial charge >= 0.3 is 5.97 Å². The van der Waals surface area contributed by atoms with E-state index in [1.165, 1.54) is 122 Å². The fourth-order valence-corrected chi connectivity index (χ4v) is 3.71. The number of hydrogen-bond donors (Lipinski definition) is 1. The molecule has 0 amide bonds. The average Bonchev–Trinajstić information content (AvgIpc) is 2.62. The Balaban J connectivity index is 0. The molecule has 0 atom stereocenters. The molecule has 0 saturated carbocycles. The van der Waals surface area contributed by atoms with Crippen LogP contribution in [0.5, 0.6) is 0 Å². The van der Waals surface area contributed by atoms with Crippen LogP contribution < -0.4 is 0 Å². The summed E-state index contributed by atoms with van der Waals surface area (Å²) in [6, 6.07) is 0. The molecular weight excluding hydrogens is 360 g/mol. The smallest absolute Gasteiger partial charge is 0.303 e. The first-order valence-electron chi connectivity index (χ1n) is 12.0. The molecule has 3 heteroatoms. The number of carboxylic acids is 1. The minimum atomic E-state index is -0.650. The quantitative estimate of drug-likeness (QED) is 0.144. The maximum atomic E-state index is 10.4. The van der Waals surface area contributed by atoms with Gasteiger partial charge in [0.1, 0.15) is 0 Å². The van der Waals surface area contributed by atoms with Crippen molar-refractivity contribution >= 4 is 43.7 Å². The third-order valence-corrected chi connectivity index (χ3v) is 5.49. The second-order valence-electron chi connectivity index (χ2n) is 8.21. The maximum absolute atomic E-state index is 10.4. The van der Waals surface area contributed by atoms with Gasteiger partial charge in [0, 0.05) is 44.2 Å². The van der Waals surface area contributed by atoms with Crippen molar-refractivity contribution in [3.63, 3.8) is 0 Å². The molecule has 27 heavy (non-hydrogen) atoms. The summed E-state index contributed by atoms with van der Waals surface area (Å²) in [5.41, 5.74) is 0. The van der Waals surface area contributed by atoms with Crippen molar-refractivity contribution in [1.29, 1.82) is 0 Å². The Morgan fingerprint density at radius 2 is 0.704 bits per heavy atom. The average molecular weight is 409 g/mol. The van der Waals surface area contributed by atoms with Crippen molar-refractivity contribution < 1.29 is 9.90 Å². The van der Waals surface area contributed by atoms with Crippen LogP contribution in [-0.4, -0.2) is 48.8 Å². The third-order valence-electron chi connectivity index (χ3n) is 5.49. The zero-order chi connectivity index (χ0) is 19.1. The van der Waals surface area contributed by atoms with E-state index >= 15 is 0 Å². The molecule has 1 N–H and O–H groups in total. The number of carbonyl (C=O) groups is 1. The summed E-state index contributed by atoms with van der Waals surface area (Å²) < 4.78 is 0. The Morgan fingerprint density at radius 1 is 0.481 bits per heavy atom. The van der Waals surface area contributed by atoms with Crippen molar-refractivity contribution in [2.24, 2.45) is 0 Å². The number of unbranched alkanes of at least 4 members (excludes halogenated alkanes) is 20. The molecule has 0 rings (SSSR count). The van der Waals surface area contributed by atoms with E-state index in [2.05, 4.69) is 6.92 Å². The van der Waals surface area contributed by atoms with E-state index in [4.69, 9.17) is 5.11 Å². The van der Waals surface area contributed by atoms with Gasteiger partial charge in [-0.15, -0.1) is 0 Å². The second kappa shape index (κ2) is 26.7. The van der Waals surface area contributed by atoms with E-state index in [1.807, 2.05) is 0 Å². The van der Waals surface area contributed by atoms with Crippen LogP contribution in [-0.2, 0) is 4.79 Å². The Hall–Kier alpha value is 0.730. The van der Waals surface area contributed by atoms with E-state index in [0.717, 1.165) is 12.8 Å². The zero-order valence-electron chi connectivity index (χ0n) is 18.6. The molecule has 0 aromatic heterocycles. The Morgan fingerprint density at radius 3 is 0.926 bits per heavy atom. The molecule has 0 aliphatic carbocycles. The van der Waals surface area contributed by atoms with E-state index in [1.54, 1.807) is 0 Å². The topological polar surface area (TPSA) is 37.3 Å². The summed E-state index contributed by atoms with van der Waals surface area (Å²) in [7, 11) is 0. The molecule has 2 radical (unpaired) electrons. The van der Waals surface area contributed by atoms with Crippen LogP contribution in [0.1, 0.15) is 148 Å². The first kappa shape index (κ1) is 29.9. The van der Waals surface area contributed by atoms with Crippen molar-refractivity contribution in [2.75, 3.05) is 0 Å². The Kier molecular flexibility index (Phi) is 29.6. The van der Waals surface area contributed by atoms with Crippen molar-refractivity contribution in [2.45, 2.75) is 148 Å². The SMILES string of the molecule is CCCCCCCCCCCCCCCCCCCCCCCC(=O)O.[Ca]. The summed E-state index contributed by atoms with van der Waals surface area (Å²) in [5.74, 6) is -0.650. The summed E-state index contributed by atoms with van der Waals surface area (Å²) in [6.07, 6.45) is 29.1. The van der Waals surface area contributed by atoms with Crippen LogP contribution in [0, 0.1) is 0 Å². The predicted molar refractivity (Wildman–Crippen MR) is 121 cm³/mol. The van der Waals surface area contributed by atoms with Crippen LogP contribution in [0.3, 0.4) is 0 Å². The number of hydrogen-bond acceptors (Lipinski definition) is 1. The Bertz CT molecular complexity index is 282. The number of rotatable bonds is 22. The largest absolute Gasteiger partial charge is 0.481 e.